The van der Waals surface area contributed by atoms with Crippen LogP contribution in [0.2, 0.25) is 0 Å². The molecule has 1 aliphatic rings. The van der Waals surface area contributed by atoms with Crippen molar-refractivity contribution in [3.05, 3.63) is 0 Å². The molecule has 3 heteroatoms. The zero-order chi connectivity index (χ0) is 4.24. The van der Waals surface area contributed by atoms with Crippen LogP contribution in [0.15, 0.2) is 0 Å². The maximum absolute atomic E-state index is 4.94. The summed E-state index contributed by atoms with van der Waals surface area (Å²) in [5, 5.41) is 0. The first-order valence-corrected chi connectivity index (χ1v) is 2.15. The molecule has 0 aromatic rings. The fourth-order valence-electron chi connectivity index (χ4n) is 0.440. The van der Waals surface area contributed by atoms with Gasteiger partial charge in [0.05, 0.1) is 26.4 Å². The topological polar surface area (TPSA) is 18.5 Å². The zero-order valence-corrected chi connectivity index (χ0v) is 5.77. The van der Waals surface area contributed by atoms with Gasteiger partial charge in [-0.3, -0.25) is 0 Å². The van der Waals surface area contributed by atoms with Crippen molar-refractivity contribution in [3.8, 4) is 0 Å². The molecule has 0 N–H and O–H groups in total. The number of hydrogen-bond acceptors (Lipinski definition) is 2. The Labute approximate surface area is 46.8 Å². The highest BCUT2D eigenvalue weighted by molar-refractivity contribution is 6.92. The highest BCUT2D eigenvalue weighted by Gasteiger charge is 1.94. The van der Waals surface area contributed by atoms with E-state index in [1.165, 1.54) is 0 Å². The summed E-state index contributed by atoms with van der Waals surface area (Å²) < 4.78 is 9.89. The fraction of sp³-hybridized carbons (Fsp3) is 1.00. The van der Waals surface area contributed by atoms with Gasteiger partial charge in [0.2, 0.25) is 0 Å². The lowest BCUT2D eigenvalue weighted by Gasteiger charge is -2.09. The van der Waals surface area contributed by atoms with E-state index in [1.54, 1.807) is 0 Å². The standard InChI is InChI=1S/C4H8O2.H3P/c1-2-6-4-3-5-1;/h1-4H2;1H3. The Kier molecular flexibility index (Phi) is 4.73. The minimum atomic E-state index is 0. The molecule has 1 saturated heterocycles. The molecule has 0 spiro atoms. The van der Waals surface area contributed by atoms with E-state index in [0.717, 1.165) is 26.4 Å². The van der Waals surface area contributed by atoms with Gasteiger partial charge in [-0.15, -0.1) is 0 Å². The maximum Gasteiger partial charge on any atom is 0.0701 e. The van der Waals surface area contributed by atoms with Crippen molar-refractivity contribution >= 4 is 9.90 Å². The first kappa shape index (κ1) is 7.35. The third-order valence-electron chi connectivity index (χ3n) is 0.744. The molecular weight excluding hydrogens is 111 g/mol. The van der Waals surface area contributed by atoms with Crippen molar-refractivity contribution in [2.45, 2.75) is 0 Å². The molecule has 0 saturated carbocycles. The van der Waals surface area contributed by atoms with Crippen LogP contribution in [-0.4, -0.2) is 26.4 Å². The molecular formula is C4H11O2P. The number of hydrogen-bond donors (Lipinski definition) is 0. The van der Waals surface area contributed by atoms with Crippen LogP contribution in [0, 0.1) is 0 Å². The molecule has 1 rings (SSSR count). The van der Waals surface area contributed by atoms with Crippen LogP contribution in [0.3, 0.4) is 0 Å². The van der Waals surface area contributed by atoms with E-state index in [1.807, 2.05) is 0 Å². The zero-order valence-electron chi connectivity index (χ0n) is 4.35. The molecule has 1 heterocycles. The second-order valence-electron chi connectivity index (χ2n) is 1.22. The number of ether oxygens (including phenoxy) is 2. The number of rotatable bonds is 0. The van der Waals surface area contributed by atoms with Gasteiger partial charge in [-0.05, 0) is 0 Å². The van der Waals surface area contributed by atoms with Gasteiger partial charge in [0, 0.05) is 0 Å². The largest absolute Gasteiger partial charge is 0.377 e. The summed E-state index contributed by atoms with van der Waals surface area (Å²) in [4.78, 5) is 0. The predicted octanol–water partition coefficient (Wildman–Crippen LogP) is 0.0913. The van der Waals surface area contributed by atoms with Crippen molar-refractivity contribution in [2.75, 3.05) is 26.4 Å². The summed E-state index contributed by atoms with van der Waals surface area (Å²) in [6, 6.07) is 0. The Morgan fingerprint density at radius 3 is 1.14 bits per heavy atom. The minimum Gasteiger partial charge on any atom is -0.377 e. The molecule has 1 unspecified atom stereocenters. The van der Waals surface area contributed by atoms with Gasteiger partial charge in [0.15, 0.2) is 0 Å². The molecule has 1 atom stereocenters. The highest BCUT2D eigenvalue weighted by Crippen LogP contribution is 1.85. The van der Waals surface area contributed by atoms with E-state index < -0.39 is 0 Å². The fourth-order valence-corrected chi connectivity index (χ4v) is 0.440. The average Bonchev–Trinajstić information content (AvgIpc) is 1.72. The molecule has 44 valence electrons. The van der Waals surface area contributed by atoms with Crippen LogP contribution in [0.1, 0.15) is 0 Å². The van der Waals surface area contributed by atoms with Crippen LogP contribution in [0.25, 0.3) is 0 Å². The van der Waals surface area contributed by atoms with E-state index >= 15 is 0 Å². The molecule has 2 nitrogen and oxygen atoms in total. The smallest absolute Gasteiger partial charge is 0.0701 e. The first-order chi connectivity index (χ1) is 3.00. The first-order valence-electron chi connectivity index (χ1n) is 2.15. The van der Waals surface area contributed by atoms with Crippen molar-refractivity contribution in [2.24, 2.45) is 0 Å². The van der Waals surface area contributed by atoms with Gasteiger partial charge < -0.3 is 9.47 Å². The molecule has 0 aromatic carbocycles. The summed E-state index contributed by atoms with van der Waals surface area (Å²) in [5.41, 5.74) is 0. The van der Waals surface area contributed by atoms with Gasteiger partial charge in [-0.2, -0.15) is 9.90 Å². The summed E-state index contributed by atoms with van der Waals surface area (Å²) in [7, 11) is 0. The third kappa shape index (κ3) is 2.98. The Morgan fingerprint density at radius 1 is 0.714 bits per heavy atom. The Morgan fingerprint density at radius 2 is 1.00 bits per heavy atom. The van der Waals surface area contributed by atoms with Crippen LogP contribution < -0.4 is 0 Å². The summed E-state index contributed by atoms with van der Waals surface area (Å²) >= 11 is 0. The monoisotopic (exact) mass is 122 g/mol. The normalized spacial score (nSPS) is 20.6. The lowest BCUT2D eigenvalue weighted by Crippen LogP contribution is -2.16. The van der Waals surface area contributed by atoms with Gasteiger partial charge in [-0.25, -0.2) is 0 Å². The van der Waals surface area contributed by atoms with Crippen molar-refractivity contribution in [1.82, 2.24) is 0 Å². The van der Waals surface area contributed by atoms with E-state index in [-0.39, 0.29) is 9.90 Å². The van der Waals surface area contributed by atoms with E-state index in [9.17, 15) is 0 Å². The molecule has 7 heavy (non-hydrogen) atoms. The molecule has 1 fully saturated rings. The lowest BCUT2D eigenvalue weighted by molar-refractivity contribution is -0.0334. The van der Waals surface area contributed by atoms with Crippen LogP contribution in [0.5, 0.6) is 0 Å². The van der Waals surface area contributed by atoms with Crippen molar-refractivity contribution in [3.63, 3.8) is 0 Å². The summed E-state index contributed by atoms with van der Waals surface area (Å²) in [5.74, 6) is 0. The van der Waals surface area contributed by atoms with Gasteiger partial charge in [-0.1, -0.05) is 0 Å². The Hall–Kier alpha value is 0.350. The molecule has 0 aromatic heterocycles. The van der Waals surface area contributed by atoms with Crippen LogP contribution in [0.4, 0.5) is 0 Å². The SMILES string of the molecule is C1COCCO1.P. The van der Waals surface area contributed by atoms with Crippen molar-refractivity contribution in [1.29, 1.82) is 0 Å². The maximum atomic E-state index is 4.94. The second-order valence-corrected chi connectivity index (χ2v) is 1.22. The molecule has 0 aliphatic carbocycles. The minimum absolute atomic E-state index is 0. The van der Waals surface area contributed by atoms with Crippen molar-refractivity contribution < 1.29 is 9.47 Å². The third-order valence-corrected chi connectivity index (χ3v) is 0.744. The molecule has 0 bridgehead atoms. The second kappa shape index (κ2) is 4.51. The quantitative estimate of drug-likeness (QED) is 0.424. The molecule has 0 radical (unpaired) electrons. The Balaban J connectivity index is 0.000000360. The predicted molar refractivity (Wildman–Crippen MR) is 32.7 cm³/mol. The van der Waals surface area contributed by atoms with E-state index in [4.69, 9.17) is 9.47 Å². The van der Waals surface area contributed by atoms with Gasteiger partial charge in [0.1, 0.15) is 0 Å². The molecule has 1 aliphatic heterocycles. The van der Waals surface area contributed by atoms with Gasteiger partial charge >= 0.3 is 0 Å². The Bertz CT molecular complexity index is 25.2. The van der Waals surface area contributed by atoms with Crippen LogP contribution >= 0.6 is 9.90 Å². The van der Waals surface area contributed by atoms with E-state index in [2.05, 4.69) is 0 Å². The lowest BCUT2D eigenvalue weighted by atomic mass is 10.6. The van der Waals surface area contributed by atoms with Crippen LogP contribution in [-0.2, 0) is 9.47 Å². The highest BCUT2D eigenvalue weighted by atomic mass is 31.0. The summed E-state index contributed by atoms with van der Waals surface area (Å²) in [6.45, 7) is 3.11. The average molecular weight is 122 g/mol. The molecule has 0 amide bonds. The van der Waals surface area contributed by atoms with E-state index in [0.29, 0.717) is 0 Å². The summed E-state index contributed by atoms with van der Waals surface area (Å²) in [6.07, 6.45) is 0. The van der Waals surface area contributed by atoms with Gasteiger partial charge in [0.25, 0.3) is 0 Å².